The van der Waals surface area contributed by atoms with Crippen LogP contribution in [-0.2, 0) is 0 Å². The van der Waals surface area contributed by atoms with E-state index in [4.69, 9.17) is 10.9 Å². The molecule has 0 aliphatic heterocycles. The number of hydrogen-bond donors (Lipinski definition) is 2. The summed E-state index contributed by atoms with van der Waals surface area (Å²) in [6.45, 7) is 0.594. The van der Waals surface area contributed by atoms with Crippen LogP contribution in [0.2, 0.25) is 0 Å². The van der Waals surface area contributed by atoms with Gasteiger partial charge in [0.2, 0.25) is 0 Å². The largest absolute Gasteiger partial charge is 0.409 e. The van der Waals surface area contributed by atoms with Gasteiger partial charge in [0.25, 0.3) is 0 Å². The van der Waals surface area contributed by atoms with Gasteiger partial charge in [0.15, 0.2) is 0 Å². The summed E-state index contributed by atoms with van der Waals surface area (Å²) in [5.74, 6) is 1.04. The zero-order valence-corrected chi connectivity index (χ0v) is 10.5. The van der Waals surface area contributed by atoms with E-state index < -0.39 is 0 Å². The standard InChI is InChI=1S/C14H16N4O/c15-13(17-19)9-11-18(12-6-2-1-3-7-12)14-8-4-5-10-16-14/h1-8,10,19H,9,11H2,(H2,15,17). The lowest BCUT2D eigenvalue weighted by Crippen LogP contribution is -2.24. The Labute approximate surface area is 112 Å². The maximum absolute atomic E-state index is 8.62. The van der Waals surface area contributed by atoms with E-state index in [0.717, 1.165) is 11.5 Å². The normalized spacial score (nSPS) is 11.3. The third kappa shape index (κ3) is 3.45. The van der Waals surface area contributed by atoms with Gasteiger partial charge in [0.05, 0.1) is 0 Å². The van der Waals surface area contributed by atoms with Crippen LogP contribution in [0, 0.1) is 0 Å². The quantitative estimate of drug-likeness (QED) is 0.373. The van der Waals surface area contributed by atoms with Gasteiger partial charge < -0.3 is 15.8 Å². The van der Waals surface area contributed by atoms with E-state index in [1.54, 1.807) is 6.20 Å². The first-order valence-corrected chi connectivity index (χ1v) is 6.01. The van der Waals surface area contributed by atoms with Crippen molar-refractivity contribution in [3.8, 4) is 0 Å². The fourth-order valence-corrected chi connectivity index (χ4v) is 1.77. The molecule has 1 heterocycles. The predicted molar refractivity (Wildman–Crippen MR) is 75.7 cm³/mol. The summed E-state index contributed by atoms with van der Waals surface area (Å²) >= 11 is 0. The second kappa shape index (κ2) is 6.39. The van der Waals surface area contributed by atoms with Crippen molar-refractivity contribution in [2.24, 2.45) is 10.9 Å². The molecule has 0 spiro atoms. The van der Waals surface area contributed by atoms with Gasteiger partial charge in [-0.15, -0.1) is 0 Å². The van der Waals surface area contributed by atoms with Crippen LogP contribution in [0.5, 0.6) is 0 Å². The summed E-state index contributed by atoms with van der Waals surface area (Å²) in [6, 6.07) is 15.6. The fraction of sp³-hybridized carbons (Fsp3) is 0.143. The maximum Gasteiger partial charge on any atom is 0.140 e. The lowest BCUT2D eigenvalue weighted by Gasteiger charge is -2.23. The Morgan fingerprint density at radius 2 is 1.89 bits per heavy atom. The molecule has 3 N–H and O–H groups in total. The molecule has 5 nitrogen and oxygen atoms in total. The number of anilines is 2. The number of pyridine rings is 1. The van der Waals surface area contributed by atoms with Crippen LogP contribution in [-0.4, -0.2) is 22.6 Å². The minimum atomic E-state index is 0.205. The van der Waals surface area contributed by atoms with Gasteiger partial charge in [-0.25, -0.2) is 4.98 Å². The van der Waals surface area contributed by atoms with Gasteiger partial charge in [-0.2, -0.15) is 0 Å². The van der Waals surface area contributed by atoms with Gasteiger partial charge in [0, 0.05) is 24.8 Å². The summed E-state index contributed by atoms with van der Waals surface area (Å²) in [5.41, 5.74) is 6.55. The van der Waals surface area contributed by atoms with Gasteiger partial charge in [-0.05, 0) is 24.3 Å². The molecule has 0 saturated heterocycles. The third-order valence-corrected chi connectivity index (χ3v) is 2.71. The Balaban J connectivity index is 2.24. The van der Waals surface area contributed by atoms with E-state index in [1.807, 2.05) is 53.4 Å². The Bertz CT molecular complexity index is 488. The first-order valence-electron chi connectivity index (χ1n) is 6.01. The monoisotopic (exact) mass is 256 g/mol. The van der Waals surface area contributed by atoms with Gasteiger partial charge >= 0.3 is 0 Å². The number of amidine groups is 1. The molecule has 5 heteroatoms. The molecule has 98 valence electrons. The molecule has 0 bridgehead atoms. The van der Waals surface area contributed by atoms with Crippen molar-refractivity contribution in [1.29, 1.82) is 0 Å². The van der Waals surface area contributed by atoms with Crippen LogP contribution in [0.15, 0.2) is 59.9 Å². The molecule has 0 saturated carbocycles. The van der Waals surface area contributed by atoms with Gasteiger partial charge in [-0.1, -0.05) is 29.4 Å². The summed E-state index contributed by atoms with van der Waals surface area (Å²) < 4.78 is 0. The average Bonchev–Trinajstić information content (AvgIpc) is 2.49. The molecule has 0 aliphatic rings. The number of rotatable bonds is 5. The van der Waals surface area contributed by atoms with Crippen molar-refractivity contribution < 1.29 is 5.21 Å². The van der Waals surface area contributed by atoms with Crippen LogP contribution in [0.1, 0.15) is 6.42 Å². The molecule has 0 atom stereocenters. The highest BCUT2D eigenvalue weighted by molar-refractivity contribution is 5.80. The Kier molecular flexibility index (Phi) is 4.34. The number of aromatic nitrogens is 1. The SMILES string of the molecule is N/C(CCN(c1ccccc1)c1ccccn1)=N\O. The minimum absolute atomic E-state index is 0.205. The fourth-order valence-electron chi connectivity index (χ4n) is 1.77. The Hall–Kier alpha value is -2.56. The van der Waals surface area contributed by atoms with Crippen molar-refractivity contribution in [3.63, 3.8) is 0 Å². The zero-order chi connectivity index (χ0) is 13.5. The summed E-state index contributed by atoms with van der Waals surface area (Å²) in [7, 11) is 0. The molecular weight excluding hydrogens is 240 g/mol. The lowest BCUT2D eigenvalue weighted by molar-refractivity contribution is 0.317. The number of nitrogens with two attached hydrogens (primary N) is 1. The Morgan fingerprint density at radius 1 is 1.16 bits per heavy atom. The van der Waals surface area contributed by atoms with Crippen molar-refractivity contribution in [2.75, 3.05) is 11.4 Å². The molecule has 19 heavy (non-hydrogen) atoms. The number of hydrogen-bond acceptors (Lipinski definition) is 4. The average molecular weight is 256 g/mol. The molecule has 1 aromatic heterocycles. The molecular formula is C14H16N4O. The van der Waals surface area contributed by atoms with Crippen molar-refractivity contribution in [3.05, 3.63) is 54.7 Å². The van der Waals surface area contributed by atoms with E-state index >= 15 is 0 Å². The molecule has 2 rings (SSSR count). The highest BCUT2D eigenvalue weighted by atomic mass is 16.4. The van der Waals surface area contributed by atoms with E-state index in [-0.39, 0.29) is 5.84 Å². The molecule has 0 amide bonds. The van der Waals surface area contributed by atoms with Crippen LogP contribution in [0.4, 0.5) is 11.5 Å². The molecule has 2 aromatic rings. The highest BCUT2D eigenvalue weighted by Crippen LogP contribution is 2.22. The van der Waals surface area contributed by atoms with Crippen LogP contribution in [0.25, 0.3) is 0 Å². The van der Waals surface area contributed by atoms with E-state index in [0.29, 0.717) is 13.0 Å². The van der Waals surface area contributed by atoms with Crippen molar-refractivity contribution >= 4 is 17.3 Å². The van der Waals surface area contributed by atoms with E-state index in [2.05, 4.69) is 10.1 Å². The van der Waals surface area contributed by atoms with Gasteiger partial charge in [-0.3, -0.25) is 0 Å². The lowest BCUT2D eigenvalue weighted by atomic mass is 10.2. The Morgan fingerprint density at radius 3 is 2.53 bits per heavy atom. The van der Waals surface area contributed by atoms with E-state index in [1.165, 1.54) is 0 Å². The number of oxime groups is 1. The third-order valence-electron chi connectivity index (χ3n) is 2.71. The maximum atomic E-state index is 8.62. The highest BCUT2D eigenvalue weighted by Gasteiger charge is 2.10. The topological polar surface area (TPSA) is 74.7 Å². The van der Waals surface area contributed by atoms with Gasteiger partial charge in [0.1, 0.15) is 11.7 Å². The van der Waals surface area contributed by atoms with Crippen molar-refractivity contribution in [1.82, 2.24) is 4.98 Å². The number of benzene rings is 1. The second-order valence-electron chi connectivity index (χ2n) is 4.02. The minimum Gasteiger partial charge on any atom is -0.409 e. The van der Waals surface area contributed by atoms with Crippen LogP contribution in [0.3, 0.4) is 0 Å². The second-order valence-corrected chi connectivity index (χ2v) is 4.02. The molecule has 1 aromatic carbocycles. The first-order chi connectivity index (χ1) is 9.31. The van der Waals surface area contributed by atoms with Crippen LogP contribution >= 0.6 is 0 Å². The smallest absolute Gasteiger partial charge is 0.140 e. The molecule has 0 fully saturated rings. The number of nitrogens with zero attached hydrogens (tertiary/aromatic N) is 3. The van der Waals surface area contributed by atoms with Crippen molar-refractivity contribution in [2.45, 2.75) is 6.42 Å². The number of para-hydroxylation sites is 1. The zero-order valence-electron chi connectivity index (χ0n) is 10.5. The molecule has 0 aliphatic carbocycles. The molecule has 0 unspecified atom stereocenters. The summed E-state index contributed by atoms with van der Waals surface area (Å²) in [6.07, 6.45) is 2.21. The first kappa shape index (κ1) is 12.9. The van der Waals surface area contributed by atoms with E-state index in [9.17, 15) is 0 Å². The summed E-state index contributed by atoms with van der Waals surface area (Å²) in [5, 5.41) is 11.6. The van der Waals surface area contributed by atoms with Crippen LogP contribution < -0.4 is 10.6 Å². The summed E-state index contributed by atoms with van der Waals surface area (Å²) in [4.78, 5) is 6.37. The predicted octanol–water partition coefficient (Wildman–Crippen LogP) is 2.36. The molecule has 0 radical (unpaired) electrons.